The monoisotopic (exact) mass is 293 g/mol. The van der Waals surface area contributed by atoms with Crippen LogP contribution in [0.1, 0.15) is 29.9 Å². The first-order valence-corrected chi connectivity index (χ1v) is 7.75. The second kappa shape index (κ2) is 7.53. The van der Waals surface area contributed by atoms with Crippen molar-refractivity contribution < 1.29 is 9.50 Å². The number of aliphatic hydroxyl groups is 1. The molecule has 1 N–H and O–H groups in total. The number of aliphatic hydroxyl groups excluding tert-OH is 1. The van der Waals surface area contributed by atoms with Gasteiger partial charge in [-0.15, -0.1) is 11.3 Å². The lowest BCUT2D eigenvalue weighted by Gasteiger charge is -2.21. The Balaban J connectivity index is 1.86. The van der Waals surface area contributed by atoms with Gasteiger partial charge in [-0.05, 0) is 42.1 Å². The number of rotatable bonds is 7. The van der Waals surface area contributed by atoms with Crippen LogP contribution in [-0.2, 0) is 6.54 Å². The number of halogens is 1. The number of hydrogen-bond acceptors (Lipinski definition) is 3. The van der Waals surface area contributed by atoms with E-state index in [2.05, 4.69) is 29.3 Å². The van der Waals surface area contributed by atoms with Crippen molar-refractivity contribution in [1.82, 2.24) is 4.90 Å². The maximum absolute atomic E-state index is 13.1. The Kier molecular flexibility index (Phi) is 5.71. The average Bonchev–Trinajstić information content (AvgIpc) is 2.96. The van der Waals surface area contributed by atoms with Crippen LogP contribution in [0.2, 0.25) is 0 Å². The normalized spacial score (nSPS) is 12.8. The zero-order valence-electron chi connectivity index (χ0n) is 11.6. The maximum Gasteiger partial charge on any atom is 0.123 e. The number of thiophene rings is 1. The summed E-state index contributed by atoms with van der Waals surface area (Å²) in [7, 11) is 0. The summed E-state index contributed by atoms with van der Waals surface area (Å²) in [5.41, 5.74) is 0.650. The van der Waals surface area contributed by atoms with E-state index in [0.29, 0.717) is 12.0 Å². The summed E-state index contributed by atoms with van der Waals surface area (Å²) in [6, 6.07) is 10.4. The second-order valence-electron chi connectivity index (χ2n) is 4.81. The molecule has 2 nitrogen and oxygen atoms in total. The molecule has 1 aromatic heterocycles. The van der Waals surface area contributed by atoms with Crippen molar-refractivity contribution in [3.63, 3.8) is 0 Å². The van der Waals surface area contributed by atoms with Gasteiger partial charge in [-0.1, -0.05) is 25.1 Å². The van der Waals surface area contributed by atoms with Gasteiger partial charge in [-0.2, -0.15) is 0 Å². The first kappa shape index (κ1) is 15.2. The van der Waals surface area contributed by atoms with Crippen LogP contribution in [0.4, 0.5) is 4.39 Å². The van der Waals surface area contributed by atoms with Crippen LogP contribution in [0.15, 0.2) is 41.8 Å². The smallest absolute Gasteiger partial charge is 0.123 e. The molecule has 0 aliphatic carbocycles. The van der Waals surface area contributed by atoms with Crippen LogP contribution < -0.4 is 0 Å². The van der Waals surface area contributed by atoms with Crippen LogP contribution >= 0.6 is 11.3 Å². The summed E-state index contributed by atoms with van der Waals surface area (Å²) < 4.78 is 13.1. The largest absolute Gasteiger partial charge is 0.388 e. The van der Waals surface area contributed by atoms with Crippen LogP contribution in [-0.4, -0.2) is 23.1 Å². The van der Waals surface area contributed by atoms with Crippen molar-refractivity contribution in [3.8, 4) is 0 Å². The van der Waals surface area contributed by atoms with E-state index in [9.17, 15) is 9.50 Å². The lowest BCUT2D eigenvalue weighted by molar-refractivity contribution is 0.141. The Morgan fingerprint density at radius 2 is 2.15 bits per heavy atom. The van der Waals surface area contributed by atoms with E-state index in [4.69, 9.17) is 0 Å². The number of hydrogen-bond donors (Lipinski definition) is 1. The fourth-order valence-corrected chi connectivity index (χ4v) is 2.90. The van der Waals surface area contributed by atoms with Gasteiger partial charge in [0.2, 0.25) is 0 Å². The Morgan fingerprint density at radius 3 is 2.80 bits per heavy atom. The van der Waals surface area contributed by atoms with Gasteiger partial charge >= 0.3 is 0 Å². The lowest BCUT2D eigenvalue weighted by Crippen LogP contribution is -2.25. The third kappa shape index (κ3) is 4.40. The molecule has 0 fully saturated rings. The van der Waals surface area contributed by atoms with E-state index < -0.39 is 6.10 Å². The molecule has 0 spiro atoms. The van der Waals surface area contributed by atoms with E-state index in [0.717, 1.165) is 19.6 Å². The zero-order chi connectivity index (χ0) is 14.4. The minimum atomic E-state index is -0.608. The predicted molar refractivity (Wildman–Crippen MR) is 81.2 cm³/mol. The molecule has 0 aliphatic heterocycles. The highest BCUT2D eigenvalue weighted by Gasteiger charge is 2.11. The van der Waals surface area contributed by atoms with Gasteiger partial charge in [0, 0.05) is 18.0 Å². The molecule has 1 atom stereocenters. The Morgan fingerprint density at radius 1 is 1.30 bits per heavy atom. The van der Waals surface area contributed by atoms with Gasteiger partial charge in [0.15, 0.2) is 0 Å². The molecule has 108 valence electrons. The molecule has 1 unspecified atom stereocenters. The van der Waals surface area contributed by atoms with Crippen molar-refractivity contribution in [2.45, 2.75) is 26.0 Å². The minimum Gasteiger partial charge on any atom is -0.388 e. The molecule has 0 saturated heterocycles. The summed E-state index contributed by atoms with van der Waals surface area (Å²) in [5.74, 6) is -0.299. The Hall–Kier alpha value is -1.23. The molecule has 0 bridgehead atoms. The van der Waals surface area contributed by atoms with Crippen molar-refractivity contribution in [2.75, 3.05) is 13.1 Å². The quantitative estimate of drug-likeness (QED) is 0.838. The highest BCUT2D eigenvalue weighted by Crippen LogP contribution is 2.19. The van der Waals surface area contributed by atoms with E-state index in [1.54, 1.807) is 23.5 Å². The van der Waals surface area contributed by atoms with Crippen molar-refractivity contribution in [2.24, 2.45) is 0 Å². The molecule has 0 amide bonds. The van der Waals surface area contributed by atoms with Gasteiger partial charge in [0.05, 0.1) is 6.10 Å². The topological polar surface area (TPSA) is 23.5 Å². The number of benzene rings is 1. The van der Waals surface area contributed by atoms with E-state index in [1.807, 2.05) is 0 Å². The standard InChI is InChI=1S/C16H20FNOS/c1-2-18(12-15-7-4-10-20-15)9-8-16(19)13-5-3-6-14(17)11-13/h3-7,10-11,16,19H,2,8-9,12H2,1H3. The Labute approximate surface area is 123 Å². The number of nitrogens with zero attached hydrogens (tertiary/aromatic N) is 1. The molecular weight excluding hydrogens is 273 g/mol. The molecular formula is C16H20FNOS. The van der Waals surface area contributed by atoms with Crippen molar-refractivity contribution >= 4 is 11.3 Å². The van der Waals surface area contributed by atoms with Crippen LogP contribution in [0.3, 0.4) is 0 Å². The maximum atomic E-state index is 13.1. The molecule has 1 heterocycles. The molecule has 0 radical (unpaired) electrons. The molecule has 20 heavy (non-hydrogen) atoms. The third-order valence-electron chi connectivity index (χ3n) is 3.36. The Bertz CT molecular complexity index is 515. The van der Waals surface area contributed by atoms with E-state index in [-0.39, 0.29) is 5.82 Å². The third-order valence-corrected chi connectivity index (χ3v) is 4.22. The summed E-state index contributed by atoms with van der Waals surface area (Å²) in [6.45, 7) is 4.76. The van der Waals surface area contributed by atoms with Gasteiger partial charge in [-0.25, -0.2) is 4.39 Å². The molecule has 1 aromatic carbocycles. The zero-order valence-corrected chi connectivity index (χ0v) is 12.4. The fraction of sp³-hybridized carbons (Fsp3) is 0.375. The SMILES string of the molecule is CCN(CCC(O)c1cccc(F)c1)Cc1cccs1. The average molecular weight is 293 g/mol. The summed E-state index contributed by atoms with van der Waals surface area (Å²) in [6.07, 6.45) is 0.00550. The van der Waals surface area contributed by atoms with Crippen LogP contribution in [0, 0.1) is 5.82 Å². The minimum absolute atomic E-state index is 0.299. The lowest BCUT2D eigenvalue weighted by atomic mass is 10.1. The van der Waals surface area contributed by atoms with Gasteiger partial charge in [-0.3, -0.25) is 4.90 Å². The second-order valence-corrected chi connectivity index (χ2v) is 5.84. The van der Waals surface area contributed by atoms with Gasteiger partial charge in [0.25, 0.3) is 0 Å². The van der Waals surface area contributed by atoms with E-state index in [1.165, 1.54) is 17.0 Å². The van der Waals surface area contributed by atoms with Crippen LogP contribution in [0.25, 0.3) is 0 Å². The fourth-order valence-electron chi connectivity index (χ4n) is 2.16. The highest BCUT2D eigenvalue weighted by atomic mass is 32.1. The summed E-state index contributed by atoms with van der Waals surface area (Å²) in [5, 5.41) is 12.2. The predicted octanol–water partition coefficient (Wildman–Crippen LogP) is 3.83. The van der Waals surface area contributed by atoms with Crippen molar-refractivity contribution in [1.29, 1.82) is 0 Å². The molecule has 0 saturated carbocycles. The first-order valence-electron chi connectivity index (χ1n) is 6.87. The molecule has 0 aliphatic rings. The van der Waals surface area contributed by atoms with Crippen molar-refractivity contribution in [3.05, 3.63) is 58.0 Å². The molecule has 2 rings (SSSR count). The molecule has 2 aromatic rings. The molecule has 4 heteroatoms. The summed E-state index contributed by atoms with van der Waals surface area (Å²) in [4.78, 5) is 3.61. The van der Waals surface area contributed by atoms with Gasteiger partial charge < -0.3 is 5.11 Å². The van der Waals surface area contributed by atoms with Gasteiger partial charge in [0.1, 0.15) is 5.82 Å². The van der Waals surface area contributed by atoms with E-state index >= 15 is 0 Å². The summed E-state index contributed by atoms with van der Waals surface area (Å²) >= 11 is 1.75. The highest BCUT2D eigenvalue weighted by molar-refractivity contribution is 7.09. The van der Waals surface area contributed by atoms with Crippen LogP contribution in [0.5, 0.6) is 0 Å². The first-order chi connectivity index (χ1) is 9.69.